The Kier molecular flexibility index (Phi) is 3.00. The van der Waals surface area contributed by atoms with E-state index in [1.165, 1.54) is 0 Å². The summed E-state index contributed by atoms with van der Waals surface area (Å²) in [6, 6.07) is 0. The molecule has 5 aliphatic rings. The molecule has 2 saturated heterocycles. The fraction of sp³-hybridized carbons (Fsp3) is 0.650. The maximum Gasteiger partial charge on any atom is 0.334 e. The quantitative estimate of drug-likeness (QED) is 0.499. The highest BCUT2D eigenvalue weighted by atomic mass is 16.6. The van der Waals surface area contributed by atoms with E-state index in [-0.39, 0.29) is 42.9 Å². The Labute approximate surface area is 151 Å². The van der Waals surface area contributed by atoms with Crippen molar-refractivity contribution in [1.82, 2.24) is 0 Å². The monoisotopic (exact) mass is 360 g/mol. The van der Waals surface area contributed by atoms with E-state index in [0.717, 1.165) is 5.57 Å². The van der Waals surface area contributed by atoms with Gasteiger partial charge in [0.1, 0.15) is 11.7 Å². The number of hydrogen-bond donors (Lipinski definition) is 3. The molecule has 0 unspecified atom stereocenters. The molecule has 1 spiro atoms. The lowest BCUT2D eigenvalue weighted by atomic mass is 9.57. The van der Waals surface area contributed by atoms with Gasteiger partial charge in [0.05, 0.1) is 12.2 Å². The van der Waals surface area contributed by atoms with Crippen LogP contribution in [0.3, 0.4) is 0 Å². The molecular formula is C20H24O6. The molecule has 3 N–H and O–H groups in total. The zero-order chi connectivity index (χ0) is 18.6. The van der Waals surface area contributed by atoms with Crippen molar-refractivity contribution in [1.29, 1.82) is 0 Å². The second-order valence-corrected chi connectivity index (χ2v) is 8.88. The molecule has 2 aliphatic carbocycles. The summed E-state index contributed by atoms with van der Waals surface area (Å²) < 4.78 is 11.8. The van der Waals surface area contributed by atoms with Crippen molar-refractivity contribution < 1.29 is 29.6 Å². The van der Waals surface area contributed by atoms with E-state index in [1.807, 2.05) is 13.0 Å². The van der Waals surface area contributed by atoms with Crippen LogP contribution in [0.1, 0.15) is 26.7 Å². The van der Waals surface area contributed by atoms with Gasteiger partial charge in [-0.3, -0.25) is 0 Å². The summed E-state index contributed by atoms with van der Waals surface area (Å²) in [6.07, 6.45) is 3.95. The van der Waals surface area contributed by atoms with Crippen LogP contribution in [-0.2, 0) is 14.3 Å². The maximum absolute atomic E-state index is 12.4. The Morgan fingerprint density at radius 2 is 2.12 bits per heavy atom. The van der Waals surface area contributed by atoms with Crippen molar-refractivity contribution in [3.8, 4) is 0 Å². The third-order valence-corrected chi connectivity index (χ3v) is 7.24. The summed E-state index contributed by atoms with van der Waals surface area (Å²) in [5.74, 6) is -2.98. The largest absolute Gasteiger partial charge is 0.458 e. The number of esters is 1. The SMILES string of the molecule is C=C(C)[C@H]1C[C@@]2(O)O[C@]3(C=C2CO)[C@@H]1C=C1C(=O)O[C@H]2C[C@](C)(O)[C@@H]3[C@@H]12. The summed E-state index contributed by atoms with van der Waals surface area (Å²) in [7, 11) is 0. The molecule has 0 aromatic rings. The van der Waals surface area contributed by atoms with E-state index in [9.17, 15) is 20.1 Å². The minimum Gasteiger partial charge on any atom is -0.458 e. The number of ether oxygens (including phenoxy) is 2. The first-order chi connectivity index (χ1) is 12.1. The van der Waals surface area contributed by atoms with Gasteiger partial charge in [0.25, 0.3) is 0 Å². The van der Waals surface area contributed by atoms with Crippen LogP contribution in [0.15, 0.2) is 35.5 Å². The molecule has 2 bridgehead atoms. The molecule has 0 aromatic heterocycles. The number of carbonyl (C=O) groups is 1. The third-order valence-electron chi connectivity index (χ3n) is 7.24. The van der Waals surface area contributed by atoms with E-state index < -0.39 is 22.9 Å². The van der Waals surface area contributed by atoms with E-state index >= 15 is 0 Å². The number of allylic oxidation sites excluding steroid dienone is 1. The van der Waals surface area contributed by atoms with E-state index in [2.05, 4.69) is 6.58 Å². The molecule has 3 aliphatic heterocycles. The zero-order valence-corrected chi connectivity index (χ0v) is 14.9. The summed E-state index contributed by atoms with van der Waals surface area (Å²) >= 11 is 0. The van der Waals surface area contributed by atoms with Gasteiger partial charge in [-0.1, -0.05) is 18.2 Å². The number of carbonyl (C=O) groups excluding carboxylic acids is 1. The summed E-state index contributed by atoms with van der Waals surface area (Å²) in [5, 5.41) is 32.2. The maximum atomic E-state index is 12.4. The molecule has 6 nitrogen and oxygen atoms in total. The number of hydrogen-bond acceptors (Lipinski definition) is 6. The van der Waals surface area contributed by atoms with Crippen LogP contribution < -0.4 is 0 Å². The van der Waals surface area contributed by atoms with Gasteiger partial charge in [-0.2, -0.15) is 0 Å². The molecule has 140 valence electrons. The molecular weight excluding hydrogens is 336 g/mol. The molecule has 1 saturated carbocycles. The van der Waals surface area contributed by atoms with Crippen molar-refractivity contribution in [3.05, 3.63) is 35.5 Å². The topological polar surface area (TPSA) is 96.2 Å². The predicted molar refractivity (Wildman–Crippen MR) is 90.5 cm³/mol. The van der Waals surface area contributed by atoms with Crippen molar-refractivity contribution in [3.63, 3.8) is 0 Å². The summed E-state index contributed by atoms with van der Waals surface area (Å²) in [6.45, 7) is 7.42. The van der Waals surface area contributed by atoms with Crippen molar-refractivity contribution >= 4 is 5.97 Å². The highest BCUT2D eigenvalue weighted by Gasteiger charge is 2.73. The Balaban J connectivity index is 1.77. The highest BCUT2D eigenvalue weighted by Crippen LogP contribution is 2.66. The van der Waals surface area contributed by atoms with Crippen molar-refractivity contribution in [2.45, 2.75) is 49.8 Å². The lowest BCUT2D eigenvalue weighted by molar-refractivity contribution is -0.291. The Morgan fingerprint density at radius 3 is 2.77 bits per heavy atom. The van der Waals surface area contributed by atoms with Crippen molar-refractivity contribution in [2.75, 3.05) is 6.61 Å². The van der Waals surface area contributed by atoms with E-state index in [1.54, 1.807) is 13.0 Å². The molecule has 8 atom stereocenters. The van der Waals surface area contributed by atoms with Gasteiger partial charge in [0.2, 0.25) is 0 Å². The number of fused-ring (bicyclic) bond motifs is 1. The van der Waals surface area contributed by atoms with Gasteiger partial charge in [0, 0.05) is 41.7 Å². The Bertz CT molecular complexity index is 794. The fourth-order valence-electron chi connectivity index (χ4n) is 6.34. The van der Waals surface area contributed by atoms with Gasteiger partial charge in [-0.25, -0.2) is 4.79 Å². The van der Waals surface area contributed by atoms with E-state index in [0.29, 0.717) is 17.6 Å². The molecule has 0 aromatic carbocycles. The molecule has 0 amide bonds. The van der Waals surface area contributed by atoms with Crippen LogP contribution in [-0.4, -0.2) is 51.0 Å². The first kappa shape index (κ1) is 16.7. The molecule has 6 heteroatoms. The molecule has 0 radical (unpaired) electrons. The zero-order valence-electron chi connectivity index (χ0n) is 14.9. The smallest absolute Gasteiger partial charge is 0.334 e. The second-order valence-electron chi connectivity index (χ2n) is 8.88. The highest BCUT2D eigenvalue weighted by molar-refractivity contribution is 5.92. The standard InChI is InChI=1S/C20H24O6/c1-9(2)12-6-20(24)10(8-21)5-19(26-20)13(12)4-11-15-14(25-17(11)22)7-18(3,23)16(15)19/h4-5,12-16,21,23-24H,1,6-8H2,2-3H3/t12-,13-,14+,15+,16+,18+,19-,20-/m1/s1. The average molecular weight is 360 g/mol. The van der Waals surface area contributed by atoms with Gasteiger partial charge in [-0.15, -0.1) is 0 Å². The summed E-state index contributed by atoms with van der Waals surface area (Å²) in [5.41, 5.74) is -0.195. The molecule has 3 fully saturated rings. The number of aliphatic hydroxyl groups excluding tert-OH is 1. The molecule has 3 heterocycles. The fourth-order valence-corrected chi connectivity index (χ4v) is 6.34. The van der Waals surface area contributed by atoms with Crippen LogP contribution in [0.2, 0.25) is 0 Å². The average Bonchev–Trinajstić information content (AvgIpc) is 3.06. The van der Waals surface area contributed by atoms with Crippen LogP contribution >= 0.6 is 0 Å². The van der Waals surface area contributed by atoms with Crippen molar-refractivity contribution in [2.24, 2.45) is 23.7 Å². The minimum atomic E-state index is -1.57. The van der Waals surface area contributed by atoms with Crippen LogP contribution in [0.4, 0.5) is 0 Å². The van der Waals surface area contributed by atoms with Crippen LogP contribution in [0.5, 0.6) is 0 Å². The Morgan fingerprint density at radius 1 is 1.38 bits per heavy atom. The second kappa shape index (κ2) is 4.68. The minimum absolute atomic E-state index is 0.134. The lowest BCUT2D eigenvalue weighted by Crippen LogP contribution is -2.62. The molecule has 5 rings (SSSR count). The lowest BCUT2D eigenvalue weighted by Gasteiger charge is -2.55. The van der Waals surface area contributed by atoms with Crippen LogP contribution in [0.25, 0.3) is 0 Å². The van der Waals surface area contributed by atoms with E-state index in [4.69, 9.17) is 9.47 Å². The molecule has 26 heavy (non-hydrogen) atoms. The Hall–Kier alpha value is -1.47. The first-order valence-electron chi connectivity index (χ1n) is 9.19. The van der Waals surface area contributed by atoms with Gasteiger partial charge in [-0.05, 0) is 25.8 Å². The van der Waals surface area contributed by atoms with Gasteiger partial charge < -0.3 is 24.8 Å². The number of rotatable bonds is 2. The van der Waals surface area contributed by atoms with Gasteiger partial charge in [0.15, 0.2) is 5.79 Å². The third kappa shape index (κ3) is 1.74. The van der Waals surface area contributed by atoms with Crippen LogP contribution in [0, 0.1) is 23.7 Å². The predicted octanol–water partition coefficient (Wildman–Crippen LogP) is 0.827. The summed E-state index contributed by atoms with van der Waals surface area (Å²) in [4.78, 5) is 12.4. The first-order valence-corrected chi connectivity index (χ1v) is 9.19. The van der Waals surface area contributed by atoms with Gasteiger partial charge >= 0.3 is 5.97 Å². The normalized spacial score (nSPS) is 53.6. The number of aliphatic hydroxyl groups is 3.